The average Bonchev–Trinajstić information content (AvgIpc) is 2.62. The zero-order chi connectivity index (χ0) is 20.5. The van der Waals surface area contributed by atoms with E-state index in [1.807, 2.05) is 6.07 Å². The molecule has 1 aromatic carbocycles. The molecule has 1 aliphatic carbocycles. The maximum Gasteiger partial charge on any atom is 0.417 e. The number of anilines is 1. The van der Waals surface area contributed by atoms with Gasteiger partial charge >= 0.3 is 6.18 Å². The van der Waals surface area contributed by atoms with Crippen LogP contribution < -0.4 is 5.32 Å². The lowest BCUT2D eigenvalue weighted by atomic mass is 9.82. The molecule has 0 bridgehead atoms. The van der Waals surface area contributed by atoms with E-state index >= 15 is 0 Å². The van der Waals surface area contributed by atoms with Gasteiger partial charge in [0, 0.05) is 17.5 Å². The van der Waals surface area contributed by atoms with Crippen LogP contribution in [-0.4, -0.2) is 15.6 Å². The first-order chi connectivity index (χ1) is 13.1. The van der Waals surface area contributed by atoms with Crippen molar-refractivity contribution in [2.45, 2.75) is 24.9 Å². The lowest BCUT2D eigenvalue weighted by Crippen LogP contribution is -2.34. The lowest BCUT2D eigenvalue weighted by Gasteiger charge is -2.30. The average molecular weight is 407 g/mol. The van der Waals surface area contributed by atoms with Gasteiger partial charge in [-0.2, -0.15) is 13.2 Å². The summed E-state index contributed by atoms with van der Waals surface area (Å²) in [5, 5.41) is 2.93. The number of aryl methyl sites for hydroxylation is 1. The number of rotatable bonds is 4. The van der Waals surface area contributed by atoms with Crippen molar-refractivity contribution < 1.29 is 18.0 Å². The standard InChI is InChI=1S/C21H18ClF3N2O/c1-13-18(10-15(12-26-13)21(23,24)25)27-16-8-9-17(20(2,22)11-16)19(28)14-6-4-3-5-7-14/h3-12,17,27H,1-2H3. The first-order valence-corrected chi connectivity index (χ1v) is 8.96. The number of halogens is 4. The molecule has 1 N–H and O–H groups in total. The zero-order valence-corrected chi connectivity index (χ0v) is 16.0. The maximum atomic E-state index is 12.9. The van der Waals surface area contributed by atoms with Crippen molar-refractivity contribution in [1.82, 2.24) is 4.98 Å². The van der Waals surface area contributed by atoms with Crippen LogP contribution >= 0.6 is 11.6 Å². The van der Waals surface area contributed by atoms with Gasteiger partial charge in [0.25, 0.3) is 0 Å². The van der Waals surface area contributed by atoms with Crippen LogP contribution in [0.5, 0.6) is 0 Å². The van der Waals surface area contributed by atoms with Gasteiger partial charge in [-0.15, -0.1) is 11.6 Å². The Balaban J connectivity index is 1.84. The molecular weight excluding hydrogens is 389 g/mol. The van der Waals surface area contributed by atoms with E-state index in [0.29, 0.717) is 17.0 Å². The predicted octanol–water partition coefficient (Wildman–Crippen LogP) is 5.77. The largest absolute Gasteiger partial charge is 0.417 e. The SMILES string of the molecule is Cc1ncc(C(F)(F)F)cc1NC1=CC(C)(Cl)C(C(=O)c2ccccc2)C=C1. The Kier molecular flexibility index (Phi) is 5.35. The van der Waals surface area contributed by atoms with Crippen molar-refractivity contribution >= 4 is 23.1 Å². The molecule has 0 amide bonds. The molecule has 0 saturated heterocycles. The number of ketones is 1. The second kappa shape index (κ2) is 7.43. The summed E-state index contributed by atoms with van der Waals surface area (Å²) in [4.78, 5) is 15.5. The summed E-state index contributed by atoms with van der Waals surface area (Å²) < 4.78 is 38.8. The number of carbonyl (C=O) groups excluding carboxylic acids is 1. The number of hydrogen-bond acceptors (Lipinski definition) is 3. The molecule has 0 radical (unpaired) electrons. The van der Waals surface area contributed by atoms with Crippen molar-refractivity contribution in [3.05, 3.63) is 83.3 Å². The summed E-state index contributed by atoms with van der Waals surface area (Å²) in [6.07, 6.45) is 1.27. The molecule has 0 aliphatic heterocycles. The van der Waals surface area contributed by atoms with E-state index in [-0.39, 0.29) is 11.5 Å². The molecule has 7 heteroatoms. The molecule has 2 aromatic rings. The van der Waals surface area contributed by atoms with E-state index in [4.69, 9.17) is 11.6 Å². The van der Waals surface area contributed by atoms with Gasteiger partial charge in [-0.05, 0) is 32.1 Å². The van der Waals surface area contributed by atoms with Gasteiger partial charge in [-0.3, -0.25) is 9.78 Å². The third-order valence-corrected chi connectivity index (χ3v) is 4.89. The van der Waals surface area contributed by atoms with E-state index < -0.39 is 22.5 Å². The number of aromatic nitrogens is 1. The highest BCUT2D eigenvalue weighted by atomic mass is 35.5. The molecule has 146 valence electrons. The number of carbonyl (C=O) groups is 1. The smallest absolute Gasteiger partial charge is 0.354 e. The minimum absolute atomic E-state index is 0.124. The van der Waals surface area contributed by atoms with Crippen molar-refractivity contribution in [2.75, 3.05) is 5.32 Å². The van der Waals surface area contributed by atoms with Crippen LogP contribution in [0.1, 0.15) is 28.5 Å². The van der Waals surface area contributed by atoms with Gasteiger partial charge in [0.05, 0.1) is 27.7 Å². The van der Waals surface area contributed by atoms with Crippen molar-refractivity contribution in [3.63, 3.8) is 0 Å². The number of allylic oxidation sites excluding steroid dienone is 3. The van der Waals surface area contributed by atoms with Crippen LogP contribution in [-0.2, 0) is 6.18 Å². The molecule has 2 unspecified atom stereocenters. The monoisotopic (exact) mass is 406 g/mol. The maximum absolute atomic E-state index is 12.9. The summed E-state index contributed by atoms with van der Waals surface area (Å²) in [7, 11) is 0. The number of nitrogens with one attached hydrogen (secondary N) is 1. The quantitative estimate of drug-likeness (QED) is 0.517. The zero-order valence-electron chi connectivity index (χ0n) is 15.2. The Hall–Kier alpha value is -2.60. The Morgan fingerprint density at radius 1 is 1.25 bits per heavy atom. The number of hydrogen-bond donors (Lipinski definition) is 1. The van der Waals surface area contributed by atoms with E-state index in [2.05, 4.69) is 10.3 Å². The van der Waals surface area contributed by atoms with Crippen molar-refractivity contribution in [2.24, 2.45) is 5.92 Å². The molecule has 1 aromatic heterocycles. The van der Waals surface area contributed by atoms with Crippen LogP contribution in [0.4, 0.5) is 18.9 Å². The summed E-state index contributed by atoms with van der Waals surface area (Å²) >= 11 is 6.60. The number of nitrogens with zero attached hydrogens (tertiary/aromatic N) is 1. The predicted molar refractivity (Wildman–Crippen MR) is 103 cm³/mol. The van der Waals surface area contributed by atoms with Gasteiger partial charge in [0.1, 0.15) is 0 Å². The molecule has 1 aliphatic rings. The Labute approximate surface area is 165 Å². The van der Waals surface area contributed by atoms with E-state index in [1.54, 1.807) is 56.3 Å². The number of alkyl halides is 4. The van der Waals surface area contributed by atoms with Gasteiger partial charge in [0.15, 0.2) is 5.78 Å². The molecule has 3 nitrogen and oxygen atoms in total. The first kappa shape index (κ1) is 20.1. The van der Waals surface area contributed by atoms with E-state index in [9.17, 15) is 18.0 Å². The second-order valence-corrected chi connectivity index (χ2v) is 7.61. The fourth-order valence-electron chi connectivity index (χ4n) is 3.00. The Morgan fingerprint density at radius 3 is 2.54 bits per heavy atom. The number of benzene rings is 1. The molecule has 3 rings (SSSR count). The highest BCUT2D eigenvalue weighted by Crippen LogP contribution is 2.36. The second-order valence-electron chi connectivity index (χ2n) is 6.80. The summed E-state index contributed by atoms with van der Waals surface area (Å²) in [5.74, 6) is -0.718. The van der Waals surface area contributed by atoms with E-state index in [1.165, 1.54) is 0 Å². The molecule has 0 fully saturated rings. The Morgan fingerprint density at radius 2 is 1.93 bits per heavy atom. The third-order valence-electron chi connectivity index (χ3n) is 4.55. The van der Waals surface area contributed by atoms with Gasteiger partial charge in [-0.25, -0.2) is 0 Å². The molecule has 2 atom stereocenters. The molecule has 0 saturated carbocycles. The topological polar surface area (TPSA) is 42.0 Å². The molecule has 28 heavy (non-hydrogen) atoms. The highest BCUT2D eigenvalue weighted by Gasteiger charge is 2.37. The minimum Gasteiger partial charge on any atom is -0.354 e. The number of Topliss-reactive ketones (excluding diaryl/α,β-unsaturated/α-hetero) is 1. The summed E-state index contributed by atoms with van der Waals surface area (Å²) in [6, 6.07) is 9.82. The van der Waals surface area contributed by atoms with Gasteiger partial charge < -0.3 is 5.32 Å². The fourth-order valence-corrected chi connectivity index (χ4v) is 3.29. The normalized spacial score (nSPS) is 21.9. The molecule has 1 heterocycles. The van der Waals surface area contributed by atoms with Crippen LogP contribution in [0, 0.1) is 12.8 Å². The van der Waals surface area contributed by atoms with Crippen LogP contribution in [0.15, 0.2) is 66.5 Å². The third kappa shape index (κ3) is 4.28. The van der Waals surface area contributed by atoms with Crippen molar-refractivity contribution in [3.8, 4) is 0 Å². The highest BCUT2D eigenvalue weighted by molar-refractivity contribution is 6.28. The summed E-state index contributed by atoms with van der Waals surface area (Å²) in [6.45, 7) is 3.31. The van der Waals surface area contributed by atoms with Gasteiger partial charge in [-0.1, -0.05) is 36.4 Å². The Bertz CT molecular complexity index is 950. The summed E-state index contributed by atoms with van der Waals surface area (Å²) in [5.41, 5.74) is 0.851. The van der Waals surface area contributed by atoms with Crippen molar-refractivity contribution in [1.29, 1.82) is 0 Å². The molecular formula is C21H18ClF3N2O. The first-order valence-electron chi connectivity index (χ1n) is 8.58. The lowest BCUT2D eigenvalue weighted by molar-refractivity contribution is -0.137. The van der Waals surface area contributed by atoms with Gasteiger partial charge in [0.2, 0.25) is 0 Å². The minimum atomic E-state index is -4.48. The van der Waals surface area contributed by atoms with E-state index in [0.717, 1.165) is 12.3 Å². The molecule has 0 spiro atoms. The fraction of sp³-hybridized carbons (Fsp3) is 0.238. The van der Waals surface area contributed by atoms with Crippen LogP contribution in [0.3, 0.4) is 0 Å². The number of pyridine rings is 1. The van der Waals surface area contributed by atoms with Crippen LogP contribution in [0.25, 0.3) is 0 Å². The van der Waals surface area contributed by atoms with Crippen LogP contribution in [0.2, 0.25) is 0 Å².